The molecule has 4 heteroatoms. The molecule has 1 unspecified atom stereocenters. The van der Waals surface area contributed by atoms with Crippen molar-refractivity contribution in [3.63, 3.8) is 0 Å². The monoisotopic (exact) mass is 275 g/mol. The summed E-state index contributed by atoms with van der Waals surface area (Å²) in [6, 6.07) is 11.7. The van der Waals surface area contributed by atoms with Crippen LogP contribution in [-0.2, 0) is 6.42 Å². The minimum absolute atomic E-state index is 0.221. The topological polar surface area (TPSA) is 44.5 Å². The van der Waals surface area contributed by atoms with E-state index in [4.69, 9.17) is 15.2 Å². The molecule has 0 spiro atoms. The van der Waals surface area contributed by atoms with E-state index < -0.39 is 0 Å². The molecule has 0 aliphatic heterocycles. The van der Waals surface area contributed by atoms with Crippen molar-refractivity contribution in [2.75, 3.05) is 14.2 Å². The van der Waals surface area contributed by atoms with Crippen LogP contribution in [0.15, 0.2) is 42.5 Å². The van der Waals surface area contributed by atoms with E-state index in [1.807, 2.05) is 12.1 Å². The molecule has 0 bridgehead atoms. The van der Waals surface area contributed by atoms with Crippen molar-refractivity contribution >= 4 is 0 Å². The van der Waals surface area contributed by atoms with Crippen molar-refractivity contribution in [3.8, 4) is 11.5 Å². The maximum absolute atomic E-state index is 12.9. The van der Waals surface area contributed by atoms with Crippen LogP contribution in [0.5, 0.6) is 11.5 Å². The zero-order chi connectivity index (χ0) is 14.5. The van der Waals surface area contributed by atoms with E-state index in [-0.39, 0.29) is 11.9 Å². The smallest absolute Gasteiger partial charge is 0.127 e. The Bertz CT molecular complexity index is 569. The van der Waals surface area contributed by atoms with Gasteiger partial charge in [0.15, 0.2) is 0 Å². The standard InChI is InChI=1S/C16H18FNO2/c1-19-13-7-8-14(16(10-13)20-2)15(18)9-11-3-5-12(17)6-4-11/h3-8,10,15H,9,18H2,1-2H3. The fourth-order valence-corrected chi connectivity index (χ4v) is 2.11. The quantitative estimate of drug-likeness (QED) is 0.912. The molecule has 0 amide bonds. The Morgan fingerprint density at radius 2 is 1.75 bits per heavy atom. The largest absolute Gasteiger partial charge is 0.497 e. The van der Waals surface area contributed by atoms with Crippen molar-refractivity contribution in [2.45, 2.75) is 12.5 Å². The van der Waals surface area contributed by atoms with E-state index in [2.05, 4.69) is 0 Å². The molecule has 0 heterocycles. The molecule has 0 radical (unpaired) electrons. The van der Waals surface area contributed by atoms with Crippen LogP contribution < -0.4 is 15.2 Å². The first kappa shape index (κ1) is 14.3. The lowest BCUT2D eigenvalue weighted by Crippen LogP contribution is -2.14. The van der Waals surface area contributed by atoms with Gasteiger partial charge in [0.2, 0.25) is 0 Å². The highest BCUT2D eigenvalue weighted by atomic mass is 19.1. The van der Waals surface area contributed by atoms with E-state index in [9.17, 15) is 4.39 Å². The second-order valence-electron chi connectivity index (χ2n) is 4.54. The highest BCUT2D eigenvalue weighted by molar-refractivity contribution is 5.43. The Morgan fingerprint density at radius 1 is 1.05 bits per heavy atom. The maximum Gasteiger partial charge on any atom is 0.127 e. The van der Waals surface area contributed by atoms with E-state index in [0.29, 0.717) is 12.2 Å². The summed E-state index contributed by atoms with van der Waals surface area (Å²) < 4.78 is 23.4. The Hall–Kier alpha value is -2.07. The molecule has 0 aliphatic rings. The first-order valence-corrected chi connectivity index (χ1v) is 6.36. The second-order valence-corrected chi connectivity index (χ2v) is 4.54. The van der Waals surface area contributed by atoms with E-state index in [1.54, 1.807) is 32.4 Å². The first-order valence-electron chi connectivity index (χ1n) is 6.36. The number of hydrogen-bond acceptors (Lipinski definition) is 3. The zero-order valence-corrected chi connectivity index (χ0v) is 11.6. The van der Waals surface area contributed by atoms with Crippen molar-refractivity contribution in [1.82, 2.24) is 0 Å². The van der Waals surface area contributed by atoms with Crippen molar-refractivity contribution in [2.24, 2.45) is 5.73 Å². The molecule has 0 fully saturated rings. The van der Waals surface area contributed by atoms with Crippen LogP contribution in [0, 0.1) is 5.82 Å². The predicted octanol–water partition coefficient (Wildman–Crippen LogP) is 3.09. The number of methoxy groups -OCH3 is 2. The fourth-order valence-electron chi connectivity index (χ4n) is 2.11. The van der Waals surface area contributed by atoms with Crippen LogP contribution in [0.3, 0.4) is 0 Å². The lowest BCUT2D eigenvalue weighted by Gasteiger charge is -2.16. The predicted molar refractivity (Wildman–Crippen MR) is 76.6 cm³/mol. The van der Waals surface area contributed by atoms with Gasteiger partial charge in [-0.1, -0.05) is 18.2 Å². The van der Waals surface area contributed by atoms with Gasteiger partial charge in [-0.25, -0.2) is 4.39 Å². The van der Waals surface area contributed by atoms with Gasteiger partial charge in [0.1, 0.15) is 17.3 Å². The van der Waals surface area contributed by atoms with E-state index >= 15 is 0 Å². The molecule has 1 atom stereocenters. The number of ether oxygens (including phenoxy) is 2. The highest BCUT2D eigenvalue weighted by Gasteiger charge is 2.13. The van der Waals surface area contributed by atoms with Gasteiger partial charge < -0.3 is 15.2 Å². The van der Waals surface area contributed by atoms with Gasteiger partial charge in [-0.15, -0.1) is 0 Å². The van der Waals surface area contributed by atoms with Crippen LogP contribution in [0.1, 0.15) is 17.2 Å². The highest BCUT2D eigenvalue weighted by Crippen LogP contribution is 2.30. The summed E-state index contributed by atoms with van der Waals surface area (Å²) in [5.74, 6) is 1.17. The van der Waals surface area contributed by atoms with Gasteiger partial charge in [0.05, 0.1) is 14.2 Å². The normalized spacial score (nSPS) is 12.0. The molecule has 2 rings (SSSR count). The summed E-state index contributed by atoms with van der Waals surface area (Å²) in [6.07, 6.45) is 0.614. The molecule has 2 N–H and O–H groups in total. The van der Waals surface area contributed by atoms with E-state index in [1.165, 1.54) is 12.1 Å². The number of rotatable bonds is 5. The third kappa shape index (κ3) is 3.27. The van der Waals surface area contributed by atoms with Gasteiger partial charge in [-0.3, -0.25) is 0 Å². The Kier molecular flexibility index (Phi) is 4.58. The molecule has 0 aliphatic carbocycles. The third-order valence-corrected chi connectivity index (χ3v) is 3.21. The molecule has 20 heavy (non-hydrogen) atoms. The summed E-state index contributed by atoms with van der Waals surface area (Å²) >= 11 is 0. The van der Waals surface area contributed by atoms with Crippen molar-refractivity contribution in [1.29, 1.82) is 0 Å². The van der Waals surface area contributed by atoms with Crippen LogP contribution in [-0.4, -0.2) is 14.2 Å². The summed E-state index contributed by atoms with van der Waals surface area (Å²) in [6.45, 7) is 0. The van der Waals surface area contributed by atoms with Crippen LogP contribution in [0.4, 0.5) is 4.39 Å². The average Bonchev–Trinajstić information content (AvgIpc) is 2.48. The van der Waals surface area contributed by atoms with Crippen LogP contribution >= 0.6 is 0 Å². The molecule has 2 aromatic rings. The number of hydrogen-bond donors (Lipinski definition) is 1. The summed E-state index contributed by atoms with van der Waals surface area (Å²) in [7, 11) is 3.20. The Morgan fingerprint density at radius 3 is 2.35 bits per heavy atom. The van der Waals surface area contributed by atoms with Gasteiger partial charge >= 0.3 is 0 Å². The first-order chi connectivity index (χ1) is 9.63. The van der Waals surface area contributed by atoms with Crippen molar-refractivity contribution in [3.05, 3.63) is 59.4 Å². The van der Waals surface area contributed by atoms with Crippen LogP contribution in [0.25, 0.3) is 0 Å². The Labute approximate surface area is 118 Å². The zero-order valence-electron chi connectivity index (χ0n) is 11.6. The van der Waals surface area contributed by atoms with Crippen LogP contribution in [0.2, 0.25) is 0 Å². The number of benzene rings is 2. The molecular weight excluding hydrogens is 257 g/mol. The molecule has 3 nitrogen and oxygen atoms in total. The number of nitrogens with two attached hydrogens (primary N) is 1. The molecule has 0 saturated carbocycles. The SMILES string of the molecule is COc1ccc(C(N)Cc2ccc(F)cc2)c(OC)c1. The molecule has 2 aromatic carbocycles. The van der Waals surface area contributed by atoms with Crippen molar-refractivity contribution < 1.29 is 13.9 Å². The number of halogens is 1. The fraction of sp³-hybridized carbons (Fsp3) is 0.250. The lowest BCUT2D eigenvalue weighted by atomic mass is 9.98. The summed E-state index contributed by atoms with van der Waals surface area (Å²) in [4.78, 5) is 0. The minimum atomic E-state index is -0.246. The van der Waals surface area contributed by atoms with Gasteiger partial charge in [-0.2, -0.15) is 0 Å². The van der Waals surface area contributed by atoms with Gasteiger partial charge in [0, 0.05) is 17.7 Å². The molecule has 0 saturated heterocycles. The summed E-state index contributed by atoms with van der Waals surface area (Å²) in [5, 5.41) is 0. The van der Waals surface area contributed by atoms with E-state index in [0.717, 1.165) is 16.9 Å². The third-order valence-electron chi connectivity index (χ3n) is 3.21. The Balaban J connectivity index is 2.20. The van der Waals surface area contributed by atoms with Gasteiger partial charge in [0.25, 0.3) is 0 Å². The molecule has 0 aromatic heterocycles. The lowest BCUT2D eigenvalue weighted by molar-refractivity contribution is 0.388. The average molecular weight is 275 g/mol. The summed E-state index contributed by atoms with van der Waals surface area (Å²) in [5.41, 5.74) is 8.10. The maximum atomic E-state index is 12.9. The van der Waals surface area contributed by atoms with Gasteiger partial charge in [-0.05, 0) is 30.2 Å². The molecular formula is C16H18FNO2. The minimum Gasteiger partial charge on any atom is -0.497 e. The second kappa shape index (κ2) is 6.39. The molecule has 106 valence electrons.